The number of hydrogen-bond donors (Lipinski definition) is 2. The van der Waals surface area contributed by atoms with Gasteiger partial charge >= 0.3 is 0 Å². The Morgan fingerprint density at radius 2 is 1.75 bits per heavy atom. The van der Waals surface area contributed by atoms with Crippen molar-refractivity contribution in [3.05, 3.63) is 65.2 Å². The molecule has 0 bridgehead atoms. The smallest absolute Gasteiger partial charge is 0.245 e. The Labute approximate surface area is 115 Å². The summed E-state index contributed by atoms with van der Waals surface area (Å²) in [6.07, 6.45) is 0. The number of carbonyl (C=O) groups is 1. The lowest BCUT2D eigenvalue weighted by Gasteiger charge is -2.13. The molecule has 0 aliphatic heterocycles. The van der Waals surface area contributed by atoms with Gasteiger partial charge < -0.3 is 11.1 Å². The van der Waals surface area contributed by atoms with Crippen molar-refractivity contribution in [1.29, 1.82) is 0 Å². The molecule has 0 heterocycles. The number of nitrogens with two attached hydrogens (primary N) is 1. The van der Waals surface area contributed by atoms with E-state index in [4.69, 9.17) is 5.73 Å². The quantitative estimate of drug-likeness (QED) is 0.905. The Morgan fingerprint density at radius 3 is 2.35 bits per heavy atom. The molecule has 2 rings (SSSR count). The summed E-state index contributed by atoms with van der Waals surface area (Å²) in [6.45, 7) is 1.93. The first-order chi connectivity index (χ1) is 9.47. The van der Waals surface area contributed by atoms with E-state index in [0.717, 1.165) is 17.7 Å². The monoisotopic (exact) mass is 276 g/mol. The van der Waals surface area contributed by atoms with Crippen LogP contribution in [0.4, 0.5) is 14.5 Å². The van der Waals surface area contributed by atoms with Crippen molar-refractivity contribution in [1.82, 2.24) is 0 Å². The maximum absolute atomic E-state index is 13.0. The standard InChI is InChI=1S/C15H14F2N2O/c1-9-2-4-10(5-3-9)14(18)15(20)19-11-6-7-12(16)13(17)8-11/h2-8,14H,18H2,1H3,(H,19,20). The van der Waals surface area contributed by atoms with Crippen molar-refractivity contribution < 1.29 is 13.6 Å². The number of carbonyl (C=O) groups excluding carboxylic acids is 1. The third-order valence-corrected chi connectivity index (χ3v) is 2.91. The number of halogens is 2. The van der Waals surface area contributed by atoms with Crippen LogP contribution < -0.4 is 11.1 Å². The summed E-state index contributed by atoms with van der Waals surface area (Å²) in [5, 5.41) is 2.45. The highest BCUT2D eigenvalue weighted by atomic mass is 19.2. The number of aryl methyl sites for hydroxylation is 1. The molecule has 1 unspecified atom stereocenters. The van der Waals surface area contributed by atoms with E-state index >= 15 is 0 Å². The molecular weight excluding hydrogens is 262 g/mol. The number of benzene rings is 2. The van der Waals surface area contributed by atoms with Gasteiger partial charge in [0.25, 0.3) is 0 Å². The molecule has 3 nitrogen and oxygen atoms in total. The Hall–Kier alpha value is -2.27. The van der Waals surface area contributed by atoms with Crippen LogP contribution in [0.1, 0.15) is 17.2 Å². The first-order valence-corrected chi connectivity index (χ1v) is 6.05. The lowest BCUT2D eigenvalue weighted by atomic mass is 10.1. The molecule has 0 fully saturated rings. The SMILES string of the molecule is Cc1ccc(C(N)C(=O)Nc2ccc(F)c(F)c2)cc1. The molecule has 2 aromatic rings. The predicted octanol–water partition coefficient (Wildman–Crippen LogP) is 2.91. The van der Waals surface area contributed by atoms with E-state index in [9.17, 15) is 13.6 Å². The maximum Gasteiger partial charge on any atom is 0.245 e. The van der Waals surface area contributed by atoms with E-state index in [2.05, 4.69) is 5.32 Å². The van der Waals surface area contributed by atoms with Crippen LogP contribution in [0.25, 0.3) is 0 Å². The van der Waals surface area contributed by atoms with E-state index in [1.165, 1.54) is 6.07 Å². The van der Waals surface area contributed by atoms with E-state index in [-0.39, 0.29) is 5.69 Å². The van der Waals surface area contributed by atoms with Gasteiger partial charge in [-0.05, 0) is 24.6 Å². The van der Waals surface area contributed by atoms with Crippen LogP contribution in [0.3, 0.4) is 0 Å². The summed E-state index contributed by atoms with van der Waals surface area (Å²) >= 11 is 0. The Balaban J connectivity index is 2.11. The summed E-state index contributed by atoms with van der Waals surface area (Å²) in [5.74, 6) is -2.47. The molecular formula is C15H14F2N2O. The Bertz CT molecular complexity index is 626. The zero-order chi connectivity index (χ0) is 14.7. The minimum Gasteiger partial charge on any atom is -0.324 e. The topological polar surface area (TPSA) is 55.1 Å². The molecule has 0 saturated carbocycles. The van der Waals surface area contributed by atoms with Crippen LogP contribution in [-0.2, 0) is 4.79 Å². The third kappa shape index (κ3) is 3.19. The molecule has 3 N–H and O–H groups in total. The largest absolute Gasteiger partial charge is 0.324 e. The first kappa shape index (κ1) is 14.1. The number of rotatable bonds is 3. The zero-order valence-corrected chi connectivity index (χ0v) is 10.9. The van der Waals surface area contributed by atoms with Gasteiger partial charge in [0.15, 0.2) is 11.6 Å². The van der Waals surface area contributed by atoms with Gasteiger partial charge in [-0.15, -0.1) is 0 Å². The van der Waals surface area contributed by atoms with Gasteiger partial charge in [-0.1, -0.05) is 29.8 Å². The van der Waals surface area contributed by atoms with Gasteiger partial charge in [-0.3, -0.25) is 4.79 Å². The Morgan fingerprint density at radius 1 is 1.10 bits per heavy atom. The van der Waals surface area contributed by atoms with Crippen molar-refractivity contribution >= 4 is 11.6 Å². The summed E-state index contributed by atoms with van der Waals surface area (Å²) in [7, 11) is 0. The number of anilines is 1. The maximum atomic E-state index is 13.0. The predicted molar refractivity (Wildman–Crippen MR) is 73.1 cm³/mol. The van der Waals surface area contributed by atoms with Gasteiger partial charge in [0, 0.05) is 11.8 Å². The highest BCUT2D eigenvalue weighted by Gasteiger charge is 2.16. The van der Waals surface area contributed by atoms with Crippen LogP contribution in [-0.4, -0.2) is 5.91 Å². The van der Waals surface area contributed by atoms with Gasteiger partial charge in [0.1, 0.15) is 6.04 Å². The fourth-order valence-corrected chi connectivity index (χ4v) is 1.72. The minimum atomic E-state index is -1.02. The lowest BCUT2D eigenvalue weighted by Crippen LogP contribution is -2.27. The summed E-state index contributed by atoms with van der Waals surface area (Å²) in [5.41, 5.74) is 7.69. The molecule has 20 heavy (non-hydrogen) atoms. The average Bonchev–Trinajstić information content (AvgIpc) is 2.43. The first-order valence-electron chi connectivity index (χ1n) is 6.05. The van der Waals surface area contributed by atoms with E-state index in [0.29, 0.717) is 5.56 Å². The van der Waals surface area contributed by atoms with Crippen LogP contribution in [0.15, 0.2) is 42.5 Å². The molecule has 0 spiro atoms. The van der Waals surface area contributed by atoms with E-state index < -0.39 is 23.6 Å². The van der Waals surface area contributed by atoms with Crippen molar-refractivity contribution in [2.45, 2.75) is 13.0 Å². The van der Waals surface area contributed by atoms with Crippen LogP contribution in [0, 0.1) is 18.6 Å². The van der Waals surface area contributed by atoms with Gasteiger partial charge in [0.05, 0.1) is 0 Å². The summed E-state index contributed by atoms with van der Waals surface area (Å²) in [4.78, 5) is 11.9. The molecule has 104 valence electrons. The van der Waals surface area contributed by atoms with Crippen molar-refractivity contribution in [2.75, 3.05) is 5.32 Å². The second kappa shape index (κ2) is 5.79. The number of hydrogen-bond acceptors (Lipinski definition) is 2. The average molecular weight is 276 g/mol. The summed E-state index contributed by atoms with van der Waals surface area (Å²) < 4.78 is 25.8. The number of nitrogens with one attached hydrogen (secondary N) is 1. The highest BCUT2D eigenvalue weighted by Crippen LogP contribution is 2.17. The molecule has 0 saturated heterocycles. The molecule has 5 heteroatoms. The van der Waals surface area contributed by atoms with Gasteiger partial charge in [-0.2, -0.15) is 0 Å². The molecule has 0 aromatic heterocycles. The summed E-state index contributed by atoms with van der Waals surface area (Å²) in [6, 6.07) is 9.47. The van der Waals surface area contributed by atoms with Crippen LogP contribution in [0.2, 0.25) is 0 Å². The second-order valence-corrected chi connectivity index (χ2v) is 4.51. The van der Waals surface area contributed by atoms with E-state index in [1.54, 1.807) is 12.1 Å². The van der Waals surface area contributed by atoms with Crippen LogP contribution in [0.5, 0.6) is 0 Å². The minimum absolute atomic E-state index is 0.163. The van der Waals surface area contributed by atoms with Crippen molar-refractivity contribution in [3.8, 4) is 0 Å². The van der Waals surface area contributed by atoms with Crippen molar-refractivity contribution in [3.63, 3.8) is 0 Å². The molecule has 1 atom stereocenters. The lowest BCUT2D eigenvalue weighted by molar-refractivity contribution is -0.117. The molecule has 2 aromatic carbocycles. The van der Waals surface area contributed by atoms with Gasteiger partial charge in [0.2, 0.25) is 5.91 Å². The third-order valence-electron chi connectivity index (χ3n) is 2.91. The molecule has 1 amide bonds. The van der Waals surface area contributed by atoms with Crippen LogP contribution >= 0.6 is 0 Å². The fraction of sp³-hybridized carbons (Fsp3) is 0.133. The zero-order valence-electron chi connectivity index (χ0n) is 10.9. The molecule has 0 aliphatic rings. The highest BCUT2D eigenvalue weighted by molar-refractivity contribution is 5.95. The van der Waals surface area contributed by atoms with Gasteiger partial charge in [-0.25, -0.2) is 8.78 Å². The fourth-order valence-electron chi connectivity index (χ4n) is 1.72. The Kier molecular flexibility index (Phi) is 4.10. The molecule has 0 radical (unpaired) electrons. The molecule has 0 aliphatic carbocycles. The van der Waals surface area contributed by atoms with E-state index in [1.807, 2.05) is 19.1 Å². The van der Waals surface area contributed by atoms with Crippen molar-refractivity contribution in [2.24, 2.45) is 5.73 Å². The number of amides is 1. The normalized spacial score (nSPS) is 12.0. The second-order valence-electron chi connectivity index (χ2n) is 4.51.